The predicted molar refractivity (Wildman–Crippen MR) is 100 cm³/mol. The van der Waals surface area contributed by atoms with Crippen molar-refractivity contribution in [2.75, 3.05) is 37.6 Å². The molecule has 144 valence electrons. The third kappa shape index (κ3) is 4.43. The highest BCUT2D eigenvalue weighted by atomic mass is 32.2. The van der Waals surface area contributed by atoms with Crippen molar-refractivity contribution >= 4 is 21.6 Å². The summed E-state index contributed by atoms with van der Waals surface area (Å²) in [5.74, 6) is 1.31. The summed E-state index contributed by atoms with van der Waals surface area (Å²) in [4.78, 5) is 12.3. The Morgan fingerprint density at radius 2 is 1.96 bits per heavy atom. The quantitative estimate of drug-likeness (QED) is 0.770. The minimum atomic E-state index is -3.54. The Morgan fingerprint density at radius 3 is 2.70 bits per heavy atom. The summed E-state index contributed by atoms with van der Waals surface area (Å²) in [6.07, 6.45) is 1.11. The zero-order valence-corrected chi connectivity index (χ0v) is 15.8. The van der Waals surface area contributed by atoms with E-state index in [1.807, 2.05) is 0 Å². The van der Waals surface area contributed by atoms with Crippen molar-refractivity contribution in [3.05, 3.63) is 48.0 Å². The molecular formula is C18H20N2O6S. The van der Waals surface area contributed by atoms with E-state index in [0.29, 0.717) is 28.5 Å². The fourth-order valence-corrected chi connectivity index (χ4v) is 3.58. The molecule has 8 nitrogen and oxygen atoms in total. The number of benzene rings is 2. The number of hydrogen-bond donors (Lipinski definition) is 1. The van der Waals surface area contributed by atoms with Crippen LogP contribution in [-0.2, 0) is 10.0 Å². The van der Waals surface area contributed by atoms with Gasteiger partial charge in [-0.25, -0.2) is 8.42 Å². The zero-order valence-electron chi connectivity index (χ0n) is 15.0. The molecule has 0 atom stereocenters. The van der Waals surface area contributed by atoms with Gasteiger partial charge in [-0.15, -0.1) is 0 Å². The van der Waals surface area contributed by atoms with Crippen molar-refractivity contribution in [3.8, 4) is 17.2 Å². The number of methoxy groups -OCH3 is 1. The van der Waals surface area contributed by atoms with Gasteiger partial charge in [-0.2, -0.15) is 0 Å². The standard InChI is InChI=1S/C18H20N2O6S/c1-24-15-5-3-4-13(10-15)18(21)19-8-9-20(27(2,22)23)14-6-7-16-17(11-14)26-12-25-16/h3-7,10-11H,8-9,12H2,1-2H3,(H,19,21). The first kappa shape index (κ1) is 18.8. The Labute approximate surface area is 157 Å². The SMILES string of the molecule is COc1cccc(C(=O)NCCN(c2ccc3c(c2)OCO3)S(C)(=O)=O)c1. The van der Waals surface area contributed by atoms with Crippen LogP contribution in [0.15, 0.2) is 42.5 Å². The van der Waals surface area contributed by atoms with Gasteiger partial charge in [-0.3, -0.25) is 9.10 Å². The van der Waals surface area contributed by atoms with Crippen LogP contribution in [0.4, 0.5) is 5.69 Å². The van der Waals surface area contributed by atoms with E-state index in [9.17, 15) is 13.2 Å². The fourth-order valence-electron chi connectivity index (χ4n) is 2.66. The number of amides is 1. The van der Waals surface area contributed by atoms with E-state index >= 15 is 0 Å². The lowest BCUT2D eigenvalue weighted by molar-refractivity contribution is 0.0954. The van der Waals surface area contributed by atoms with Gasteiger partial charge in [-0.1, -0.05) is 6.07 Å². The Hall–Kier alpha value is -2.94. The molecule has 0 aromatic heterocycles. The highest BCUT2D eigenvalue weighted by Gasteiger charge is 2.21. The number of hydrogen-bond acceptors (Lipinski definition) is 6. The van der Waals surface area contributed by atoms with Crippen LogP contribution in [0.1, 0.15) is 10.4 Å². The van der Waals surface area contributed by atoms with Crippen molar-refractivity contribution in [2.24, 2.45) is 0 Å². The Kier molecular flexibility index (Phi) is 5.41. The molecule has 0 radical (unpaired) electrons. The first-order valence-corrected chi connectivity index (χ1v) is 10.0. The molecule has 3 rings (SSSR count). The van der Waals surface area contributed by atoms with E-state index in [1.165, 1.54) is 11.4 Å². The van der Waals surface area contributed by atoms with Gasteiger partial charge in [0.1, 0.15) is 5.75 Å². The first-order valence-electron chi connectivity index (χ1n) is 8.18. The Bertz CT molecular complexity index is 945. The molecule has 9 heteroatoms. The van der Waals surface area contributed by atoms with Gasteiger partial charge in [0.25, 0.3) is 5.91 Å². The molecule has 1 N–H and O–H groups in total. The average molecular weight is 392 g/mol. The molecule has 0 saturated carbocycles. The second kappa shape index (κ2) is 7.75. The Balaban J connectivity index is 1.68. The summed E-state index contributed by atoms with van der Waals surface area (Å²) in [5.41, 5.74) is 0.876. The largest absolute Gasteiger partial charge is 0.497 e. The highest BCUT2D eigenvalue weighted by molar-refractivity contribution is 7.92. The van der Waals surface area contributed by atoms with Crippen molar-refractivity contribution in [2.45, 2.75) is 0 Å². The molecule has 0 aliphatic carbocycles. The summed E-state index contributed by atoms with van der Waals surface area (Å²) < 4.78 is 41.2. The number of rotatable bonds is 7. The molecule has 0 spiro atoms. The second-order valence-electron chi connectivity index (χ2n) is 5.86. The van der Waals surface area contributed by atoms with Gasteiger partial charge in [0.15, 0.2) is 11.5 Å². The van der Waals surface area contributed by atoms with Gasteiger partial charge in [0, 0.05) is 18.2 Å². The number of carbonyl (C=O) groups excluding carboxylic acids is 1. The van der Waals surface area contributed by atoms with E-state index in [-0.39, 0.29) is 25.8 Å². The summed E-state index contributed by atoms with van der Waals surface area (Å²) in [6, 6.07) is 11.6. The summed E-state index contributed by atoms with van der Waals surface area (Å²) in [6.45, 7) is 0.319. The molecule has 2 aromatic carbocycles. The number of carbonyl (C=O) groups is 1. The minimum absolute atomic E-state index is 0.0776. The third-order valence-corrected chi connectivity index (χ3v) is 5.17. The van der Waals surface area contributed by atoms with Crippen LogP contribution in [0.2, 0.25) is 0 Å². The van der Waals surface area contributed by atoms with Crippen LogP contribution < -0.4 is 23.8 Å². The van der Waals surface area contributed by atoms with E-state index in [2.05, 4.69) is 5.32 Å². The normalized spacial score (nSPS) is 12.5. The lowest BCUT2D eigenvalue weighted by atomic mass is 10.2. The van der Waals surface area contributed by atoms with Crippen LogP contribution in [0, 0.1) is 0 Å². The topological polar surface area (TPSA) is 94.2 Å². The number of ether oxygens (including phenoxy) is 3. The van der Waals surface area contributed by atoms with Crippen LogP contribution in [0.3, 0.4) is 0 Å². The molecule has 1 heterocycles. The lowest BCUT2D eigenvalue weighted by Crippen LogP contribution is -2.38. The van der Waals surface area contributed by atoms with Crippen LogP contribution in [-0.4, -0.2) is 47.6 Å². The van der Waals surface area contributed by atoms with Crippen molar-refractivity contribution < 1.29 is 27.4 Å². The molecule has 1 aliphatic heterocycles. The second-order valence-corrected chi connectivity index (χ2v) is 7.77. The first-order chi connectivity index (χ1) is 12.9. The average Bonchev–Trinajstić information content (AvgIpc) is 3.11. The van der Waals surface area contributed by atoms with E-state index in [1.54, 1.807) is 42.5 Å². The zero-order chi connectivity index (χ0) is 19.4. The number of fused-ring (bicyclic) bond motifs is 1. The van der Waals surface area contributed by atoms with Crippen LogP contribution >= 0.6 is 0 Å². The maximum atomic E-state index is 12.3. The molecule has 1 aliphatic rings. The number of nitrogens with one attached hydrogen (secondary N) is 1. The minimum Gasteiger partial charge on any atom is -0.497 e. The van der Waals surface area contributed by atoms with E-state index in [4.69, 9.17) is 14.2 Å². The van der Waals surface area contributed by atoms with E-state index < -0.39 is 10.0 Å². The van der Waals surface area contributed by atoms with Crippen LogP contribution in [0.25, 0.3) is 0 Å². The molecule has 1 amide bonds. The summed E-state index contributed by atoms with van der Waals surface area (Å²) in [7, 11) is -2.02. The molecular weight excluding hydrogens is 372 g/mol. The summed E-state index contributed by atoms with van der Waals surface area (Å²) in [5, 5.41) is 2.72. The maximum absolute atomic E-state index is 12.3. The van der Waals surface area contributed by atoms with Crippen LogP contribution in [0.5, 0.6) is 17.2 Å². The van der Waals surface area contributed by atoms with Crippen molar-refractivity contribution in [3.63, 3.8) is 0 Å². The van der Waals surface area contributed by atoms with Gasteiger partial charge in [0.05, 0.1) is 25.6 Å². The predicted octanol–water partition coefficient (Wildman–Crippen LogP) is 1.62. The third-order valence-electron chi connectivity index (χ3n) is 3.98. The van der Waals surface area contributed by atoms with E-state index in [0.717, 1.165) is 6.26 Å². The smallest absolute Gasteiger partial charge is 0.251 e. The maximum Gasteiger partial charge on any atom is 0.251 e. The molecule has 0 saturated heterocycles. The number of anilines is 1. The highest BCUT2D eigenvalue weighted by Crippen LogP contribution is 2.35. The molecule has 0 unspecified atom stereocenters. The molecule has 0 bridgehead atoms. The van der Waals surface area contributed by atoms with Gasteiger partial charge in [0.2, 0.25) is 16.8 Å². The van der Waals surface area contributed by atoms with Crippen molar-refractivity contribution in [1.29, 1.82) is 0 Å². The molecule has 0 fully saturated rings. The molecule has 27 heavy (non-hydrogen) atoms. The van der Waals surface area contributed by atoms with Gasteiger partial charge >= 0.3 is 0 Å². The molecule has 2 aromatic rings. The van der Waals surface area contributed by atoms with Crippen molar-refractivity contribution in [1.82, 2.24) is 5.32 Å². The van der Waals surface area contributed by atoms with Gasteiger partial charge in [-0.05, 0) is 30.3 Å². The fraction of sp³-hybridized carbons (Fsp3) is 0.278. The Morgan fingerprint density at radius 1 is 1.19 bits per heavy atom. The monoisotopic (exact) mass is 392 g/mol. The number of sulfonamides is 1. The summed E-state index contributed by atoms with van der Waals surface area (Å²) >= 11 is 0. The lowest BCUT2D eigenvalue weighted by Gasteiger charge is -2.22. The number of nitrogens with zero attached hydrogens (tertiary/aromatic N) is 1. The van der Waals surface area contributed by atoms with Gasteiger partial charge < -0.3 is 19.5 Å².